The molecule has 0 aliphatic rings. The van der Waals surface area contributed by atoms with Crippen LogP contribution in [0, 0.1) is 0 Å². The fraction of sp³-hybridized carbons (Fsp3) is 0.429. The van der Waals surface area contributed by atoms with Crippen molar-refractivity contribution in [3.8, 4) is 6.01 Å². The van der Waals surface area contributed by atoms with Crippen molar-refractivity contribution in [2.24, 2.45) is 0 Å². The number of hydrogen-bond acceptors (Lipinski definition) is 4. The van der Waals surface area contributed by atoms with Gasteiger partial charge in [0.25, 0.3) is 6.01 Å². The summed E-state index contributed by atoms with van der Waals surface area (Å²) in [6.07, 6.45) is 2.14. The molecule has 0 aliphatic carbocycles. The number of carbonyl (C=O) groups excluding carboxylic acids is 1. The minimum atomic E-state index is 0.261. The second kappa shape index (κ2) is 3.87. The maximum atomic E-state index is 10.5. The van der Waals surface area contributed by atoms with Crippen molar-refractivity contribution in [2.75, 3.05) is 14.2 Å². The molecule has 0 N–H and O–H groups in total. The maximum Gasteiger partial charge on any atom is 0.298 e. The lowest BCUT2D eigenvalue weighted by atomic mass is 10.5. The van der Waals surface area contributed by atoms with Gasteiger partial charge < -0.3 is 9.47 Å². The van der Waals surface area contributed by atoms with Crippen LogP contribution >= 0.6 is 0 Å². The Morgan fingerprint density at radius 2 is 2.42 bits per heavy atom. The Hall–Kier alpha value is -1.36. The second-order valence-corrected chi connectivity index (χ2v) is 2.13. The predicted octanol–water partition coefficient (Wildman–Crippen LogP) is 0.308. The molecule has 0 atom stereocenters. The molecule has 1 aromatic heterocycles. The van der Waals surface area contributed by atoms with Crippen LogP contribution in [0.15, 0.2) is 6.20 Å². The molecule has 0 fully saturated rings. The molecule has 0 amide bonds. The van der Waals surface area contributed by atoms with E-state index in [0.717, 1.165) is 0 Å². The average molecular weight is 170 g/mol. The van der Waals surface area contributed by atoms with Crippen molar-refractivity contribution in [3.05, 3.63) is 11.9 Å². The van der Waals surface area contributed by atoms with Crippen LogP contribution in [0.5, 0.6) is 6.01 Å². The van der Waals surface area contributed by atoms with Gasteiger partial charge >= 0.3 is 0 Å². The van der Waals surface area contributed by atoms with Crippen molar-refractivity contribution >= 4 is 6.29 Å². The molecule has 0 saturated heterocycles. The van der Waals surface area contributed by atoms with E-state index in [2.05, 4.69) is 4.98 Å². The lowest BCUT2D eigenvalue weighted by molar-refractivity contribution is 0.104. The van der Waals surface area contributed by atoms with E-state index in [1.54, 1.807) is 0 Å². The summed E-state index contributed by atoms with van der Waals surface area (Å²) in [5.74, 6) is 0. The van der Waals surface area contributed by atoms with Crippen molar-refractivity contribution in [3.63, 3.8) is 0 Å². The number of aromatic nitrogens is 2. The fourth-order valence-electron chi connectivity index (χ4n) is 0.887. The Bertz CT molecular complexity index is 270. The van der Waals surface area contributed by atoms with Crippen LogP contribution in [-0.4, -0.2) is 30.1 Å². The molecule has 0 spiro atoms. The van der Waals surface area contributed by atoms with Crippen LogP contribution in [0.25, 0.3) is 0 Å². The SMILES string of the molecule is COCn1c(C=O)cnc1OC. The van der Waals surface area contributed by atoms with Crippen LogP contribution in [0.4, 0.5) is 0 Å². The van der Waals surface area contributed by atoms with Crippen molar-refractivity contribution in [1.82, 2.24) is 9.55 Å². The molecule has 0 unspecified atom stereocenters. The summed E-state index contributed by atoms with van der Waals surface area (Å²) in [4.78, 5) is 14.3. The first-order valence-corrected chi connectivity index (χ1v) is 3.37. The first kappa shape index (κ1) is 8.73. The Labute approximate surface area is 69.9 Å². The molecule has 0 radical (unpaired) electrons. The fourth-order valence-corrected chi connectivity index (χ4v) is 0.887. The number of aldehydes is 1. The van der Waals surface area contributed by atoms with E-state index in [-0.39, 0.29) is 6.73 Å². The van der Waals surface area contributed by atoms with E-state index < -0.39 is 0 Å². The highest BCUT2D eigenvalue weighted by Gasteiger charge is 2.07. The van der Waals surface area contributed by atoms with E-state index in [1.807, 2.05) is 0 Å². The molecule has 5 heteroatoms. The summed E-state index contributed by atoms with van der Waals surface area (Å²) < 4.78 is 11.3. The summed E-state index contributed by atoms with van der Waals surface area (Å²) >= 11 is 0. The van der Waals surface area contributed by atoms with Crippen LogP contribution < -0.4 is 4.74 Å². The standard InChI is InChI=1S/C7H10N2O3/c1-11-5-9-6(4-10)3-8-7(9)12-2/h3-4H,5H2,1-2H3. The van der Waals surface area contributed by atoms with E-state index in [0.29, 0.717) is 18.0 Å². The highest BCUT2D eigenvalue weighted by Crippen LogP contribution is 2.10. The highest BCUT2D eigenvalue weighted by molar-refractivity contribution is 5.72. The number of imidazole rings is 1. The van der Waals surface area contributed by atoms with Gasteiger partial charge in [-0.2, -0.15) is 0 Å². The monoisotopic (exact) mass is 170 g/mol. The quantitative estimate of drug-likeness (QED) is 0.610. The van der Waals surface area contributed by atoms with Gasteiger partial charge in [-0.25, -0.2) is 4.98 Å². The largest absolute Gasteiger partial charge is 0.468 e. The number of rotatable bonds is 4. The van der Waals surface area contributed by atoms with Crippen LogP contribution in [-0.2, 0) is 11.5 Å². The van der Waals surface area contributed by atoms with Crippen molar-refractivity contribution in [2.45, 2.75) is 6.73 Å². The van der Waals surface area contributed by atoms with Crippen molar-refractivity contribution in [1.29, 1.82) is 0 Å². The normalized spacial score (nSPS) is 9.83. The van der Waals surface area contributed by atoms with E-state index in [4.69, 9.17) is 9.47 Å². The summed E-state index contributed by atoms with van der Waals surface area (Å²) in [6, 6.07) is 0.374. The molecule has 0 bridgehead atoms. The lowest BCUT2D eigenvalue weighted by Gasteiger charge is -2.05. The molecule has 12 heavy (non-hydrogen) atoms. The molecule has 0 saturated carbocycles. The Morgan fingerprint density at radius 3 is 2.92 bits per heavy atom. The third kappa shape index (κ3) is 1.45. The zero-order valence-corrected chi connectivity index (χ0v) is 6.98. The van der Waals surface area contributed by atoms with E-state index in [1.165, 1.54) is 25.0 Å². The molecule has 0 aliphatic heterocycles. The first-order valence-electron chi connectivity index (χ1n) is 3.37. The third-order valence-electron chi connectivity index (χ3n) is 1.41. The van der Waals surface area contributed by atoms with Gasteiger partial charge in [0.05, 0.1) is 13.3 Å². The van der Waals surface area contributed by atoms with Crippen molar-refractivity contribution < 1.29 is 14.3 Å². The lowest BCUT2D eigenvalue weighted by Crippen LogP contribution is -2.05. The zero-order chi connectivity index (χ0) is 8.97. The van der Waals surface area contributed by atoms with Gasteiger partial charge in [-0.15, -0.1) is 0 Å². The Morgan fingerprint density at radius 1 is 1.67 bits per heavy atom. The minimum Gasteiger partial charge on any atom is -0.468 e. The molecular formula is C7H10N2O3. The molecule has 1 aromatic rings. The number of methoxy groups -OCH3 is 2. The number of nitrogens with zero attached hydrogens (tertiary/aromatic N) is 2. The van der Waals surface area contributed by atoms with Gasteiger partial charge in [0.2, 0.25) is 0 Å². The van der Waals surface area contributed by atoms with E-state index in [9.17, 15) is 4.79 Å². The molecule has 0 aromatic carbocycles. The Kier molecular flexibility index (Phi) is 2.82. The summed E-state index contributed by atoms with van der Waals surface area (Å²) in [6.45, 7) is 0.261. The van der Waals surface area contributed by atoms with Gasteiger partial charge in [-0.05, 0) is 0 Å². The first-order chi connectivity index (χ1) is 5.83. The van der Waals surface area contributed by atoms with Gasteiger partial charge in [0.1, 0.15) is 12.4 Å². The van der Waals surface area contributed by atoms with E-state index >= 15 is 0 Å². The summed E-state index contributed by atoms with van der Waals surface area (Å²) in [5, 5.41) is 0. The van der Waals surface area contributed by atoms with Crippen LogP contribution in [0.1, 0.15) is 10.5 Å². The van der Waals surface area contributed by atoms with Crippen LogP contribution in [0.2, 0.25) is 0 Å². The van der Waals surface area contributed by atoms with Gasteiger partial charge in [-0.3, -0.25) is 9.36 Å². The zero-order valence-electron chi connectivity index (χ0n) is 6.98. The van der Waals surface area contributed by atoms with Gasteiger partial charge in [0, 0.05) is 7.11 Å². The molecule has 66 valence electrons. The number of ether oxygens (including phenoxy) is 2. The summed E-state index contributed by atoms with van der Waals surface area (Å²) in [7, 11) is 3.02. The maximum absolute atomic E-state index is 10.5. The van der Waals surface area contributed by atoms with Gasteiger partial charge in [-0.1, -0.05) is 0 Å². The Balaban J connectivity index is 2.98. The average Bonchev–Trinajstić information content (AvgIpc) is 2.48. The predicted molar refractivity (Wildman–Crippen MR) is 41.2 cm³/mol. The van der Waals surface area contributed by atoms with Crippen LogP contribution in [0.3, 0.4) is 0 Å². The molecular weight excluding hydrogens is 160 g/mol. The molecule has 1 heterocycles. The second-order valence-electron chi connectivity index (χ2n) is 2.13. The molecule has 5 nitrogen and oxygen atoms in total. The molecule has 1 rings (SSSR count). The number of carbonyl (C=O) groups is 1. The smallest absolute Gasteiger partial charge is 0.298 e. The topological polar surface area (TPSA) is 53.4 Å². The third-order valence-corrected chi connectivity index (χ3v) is 1.41. The number of hydrogen-bond donors (Lipinski definition) is 0. The minimum absolute atomic E-state index is 0.261. The van der Waals surface area contributed by atoms with Gasteiger partial charge in [0.15, 0.2) is 6.29 Å². The highest BCUT2D eigenvalue weighted by atomic mass is 16.5. The summed E-state index contributed by atoms with van der Waals surface area (Å²) in [5.41, 5.74) is 0.439.